The molecule has 3 rings (SSSR count). The van der Waals surface area contributed by atoms with E-state index in [4.69, 9.17) is 0 Å². The summed E-state index contributed by atoms with van der Waals surface area (Å²) in [5.74, 6) is -0.347. The van der Waals surface area contributed by atoms with Crippen LogP contribution in [0, 0.1) is 6.92 Å². The Morgan fingerprint density at radius 2 is 1.81 bits per heavy atom. The number of aromatic nitrogens is 3. The van der Waals surface area contributed by atoms with Crippen LogP contribution in [-0.4, -0.2) is 32.2 Å². The molecule has 9 heteroatoms. The monoisotopic (exact) mass is 451 g/mol. The van der Waals surface area contributed by atoms with Gasteiger partial charge in [0.05, 0.1) is 10.9 Å². The average Bonchev–Trinajstić information content (AvgIpc) is 2.79. The van der Waals surface area contributed by atoms with Gasteiger partial charge in [0.1, 0.15) is 0 Å². The quantitative estimate of drug-likeness (QED) is 0.446. The van der Waals surface area contributed by atoms with Crippen LogP contribution in [-0.2, 0) is 9.59 Å². The van der Waals surface area contributed by atoms with E-state index in [1.54, 1.807) is 19.1 Å². The molecule has 1 heterocycles. The maximum absolute atomic E-state index is 12.8. The number of carbonyl (C=O) groups is 2. The van der Waals surface area contributed by atoms with Gasteiger partial charge in [-0.1, -0.05) is 55.4 Å². The van der Waals surface area contributed by atoms with Crippen molar-refractivity contribution in [3.63, 3.8) is 0 Å². The van der Waals surface area contributed by atoms with Crippen LogP contribution in [0.4, 0.5) is 11.4 Å². The molecule has 0 spiro atoms. The van der Waals surface area contributed by atoms with Crippen molar-refractivity contribution in [3.05, 3.63) is 64.4 Å². The number of thioether (sulfide) groups is 1. The molecule has 166 valence electrons. The lowest BCUT2D eigenvalue weighted by molar-refractivity contribution is -0.116. The third kappa shape index (κ3) is 5.82. The second-order valence-corrected chi connectivity index (χ2v) is 8.32. The van der Waals surface area contributed by atoms with E-state index in [2.05, 4.69) is 25.8 Å². The first-order valence-corrected chi connectivity index (χ1v) is 11.2. The predicted molar refractivity (Wildman–Crippen MR) is 127 cm³/mol. The van der Waals surface area contributed by atoms with Crippen LogP contribution >= 0.6 is 11.8 Å². The van der Waals surface area contributed by atoms with Crippen LogP contribution in [0.1, 0.15) is 32.3 Å². The number of rotatable bonds is 8. The van der Waals surface area contributed by atoms with E-state index in [0.29, 0.717) is 29.8 Å². The Hall–Kier alpha value is -3.46. The predicted octanol–water partition coefficient (Wildman–Crippen LogP) is 4.00. The molecule has 0 saturated heterocycles. The SMILES string of the molecule is CCC(=O)Nc1ccc(C)cc1-c1nnc(S[C@H](CC)C(=O)Nc2ccccc2)[nH]c1=O. The lowest BCUT2D eigenvalue weighted by atomic mass is 10.1. The molecule has 0 radical (unpaired) electrons. The van der Waals surface area contributed by atoms with Crippen molar-refractivity contribution in [2.75, 3.05) is 10.6 Å². The van der Waals surface area contributed by atoms with Crippen molar-refractivity contribution in [2.45, 2.75) is 44.0 Å². The lowest BCUT2D eigenvalue weighted by Crippen LogP contribution is -2.25. The number of carbonyl (C=O) groups excluding carboxylic acids is 2. The van der Waals surface area contributed by atoms with Gasteiger partial charge >= 0.3 is 0 Å². The van der Waals surface area contributed by atoms with Crippen LogP contribution in [0.25, 0.3) is 11.3 Å². The van der Waals surface area contributed by atoms with Crippen LogP contribution in [0.3, 0.4) is 0 Å². The zero-order valence-electron chi connectivity index (χ0n) is 18.1. The fourth-order valence-electron chi connectivity index (χ4n) is 2.95. The van der Waals surface area contributed by atoms with Gasteiger partial charge in [-0.2, -0.15) is 0 Å². The van der Waals surface area contributed by atoms with E-state index in [9.17, 15) is 14.4 Å². The largest absolute Gasteiger partial charge is 0.325 e. The van der Waals surface area contributed by atoms with Gasteiger partial charge in [-0.15, -0.1) is 10.2 Å². The first kappa shape index (κ1) is 23.2. The molecule has 2 aromatic carbocycles. The molecule has 1 atom stereocenters. The van der Waals surface area contributed by atoms with Crippen molar-refractivity contribution in [2.24, 2.45) is 0 Å². The molecule has 1 aromatic heterocycles. The van der Waals surface area contributed by atoms with Crippen LogP contribution in [0.5, 0.6) is 0 Å². The highest BCUT2D eigenvalue weighted by molar-refractivity contribution is 8.00. The molecule has 0 aliphatic rings. The van der Waals surface area contributed by atoms with Gasteiger partial charge in [-0.3, -0.25) is 19.4 Å². The number of anilines is 2. The Kier molecular flexibility index (Phi) is 7.77. The van der Waals surface area contributed by atoms with E-state index < -0.39 is 10.8 Å². The standard InChI is InChI=1S/C23H25N5O3S/c1-4-18(21(30)24-15-9-7-6-8-10-15)32-23-26-22(31)20(27-28-23)16-13-14(3)11-12-17(16)25-19(29)5-2/h6-13,18H,4-5H2,1-3H3,(H,24,30)(H,25,29)(H,26,28,31)/t18-/m1/s1. The summed E-state index contributed by atoms with van der Waals surface area (Å²) in [6.07, 6.45) is 0.855. The number of aryl methyl sites for hydroxylation is 1. The summed E-state index contributed by atoms with van der Waals surface area (Å²) in [6.45, 7) is 5.52. The molecule has 8 nitrogen and oxygen atoms in total. The summed E-state index contributed by atoms with van der Waals surface area (Å²) >= 11 is 1.14. The second kappa shape index (κ2) is 10.7. The fourth-order valence-corrected chi connectivity index (χ4v) is 3.80. The van der Waals surface area contributed by atoms with Crippen LogP contribution in [0.15, 0.2) is 58.5 Å². The minimum Gasteiger partial charge on any atom is -0.325 e. The van der Waals surface area contributed by atoms with Crippen molar-refractivity contribution >= 4 is 35.0 Å². The topological polar surface area (TPSA) is 117 Å². The molecule has 0 aliphatic heterocycles. The second-order valence-electron chi connectivity index (χ2n) is 7.13. The van der Waals surface area contributed by atoms with E-state index in [1.807, 2.05) is 50.2 Å². The smallest absolute Gasteiger partial charge is 0.278 e. The number of hydrogen-bond donors (Lipinski definition) is 3. The van der Waals surface area contributed by atoms with Crippen molar-refractivity contribution in [3.8, 4) is 11.3 Å². The van der Waals surface area contributed by atoms with Gasteiger partial charge in [-0.05, 0) is 37.6 Å². The number of hydrogen-bond acceptors (Lipinski definition) is 6. The number of para-hydroxylation sites is 1. The molecule has 3 N–H and O–H groups in total. The van der Waals surface area contributed by atoms with Gasteiger partial charge in [-0.25, -0.2) is 0 Å². The van der Waals surface area contributed by atoms with Gasteiger partial charge in [0.2, 0.25) is 11.8 Å². The summed E-state index contributed by atoms with van der Waals surface area (Å²) in [6, 6.07) is 14.5. The summed E-state index contributed by atoms with van der Waals surface area (Å²) in [4.78, 5) is 40.0. The number of amides is 2. The Balaban J connectivity index is 1.82. The Morgan fingerprint density at radius 3 is 2.47 bits per heavy atom. The summed E-state index contributed by atoms with van der Waals surface area (Å²) in [5, 5.41) is 13.7. The van der Waals surface area contributed by atoms with E-state index in [-0.39, 0.29) is 22.7 Å². The van der Waals surface area contributed by atoms with Crippen LogP contribution < -0.4 is 16.2 Å². The molecule has 32 heavy (non-hydrogen) atoms. The van der Waals surface area contributed by atoms with Crippen molar-refractivity contribution in [1.29, 1.82) is 0 Å². The van der Waals surface area contributed by atoms with Crippen molar-refractivity contribution < 1.29 is 9.59 Å². The van der Waals surface area contributed by atoms with Gasteiger partial charge in [0.25, 0.3) is 5.56 Å². The normalized spacial score (nSPS) is 11.6. The highest BCUT2D eigenvalue weighted by Gasteiger charge is 2.21. The van der Waals surface area contributed by atoms with Gasteiger partial charge in [0, 0.05) is 17.7 Å². The number of nitrogens with one attached hydrogen (secondary N) is 3. The third-order valence-corrected chi connectivity index (χ3v) is 5.90. The molecule has 0 unspecified atom stereocenters. The molecule has 0 bridgehead atoms. The molecular formula is C23H25N5O3S. The Morgan fingerprint density at radius 1 is 1.06 bits per heavy atom. The number of H-pyrrole nitrogens is 1. The summed E-state index contributed by atoms with van der Waals surface area (Å²) in [7, 11) is 0. The highest BCUT2D eigenvalue weighted by Crippen LogP contribution is 2.27. The van der Waals surface area contributed by atoms with E-state index in [0.717, 1.165) is 17.3 Å². The van der Waals surface area contributed by atoms with Gasteiger partial charge < -0.3 is 10.6 Å². The molecule has 3 aromatic rings. The van der Waals surface area contributed by atoms with Crippen LogP contribution in [0.2, 0.25) is 0 Å². The highest BCUT2D eigenvalue weighted by atomic mass is 32.2. The average molecular weight is 452 g/mol. The Labute approximate surface area is 190 Å². The molecule has 0 aliphatic carbocycles. The first-order valence-electron chi connectivity index (χ1n) is 10.3. The molecule has 0 saturated carbocycles. The minimum absolute atomic E-state index is 0.103. The van der Waals surface area contributed by atoms with Crippen molar-refractivity contribution in [1.82, 2.24) is 15.2 Å². The van der Waals surface area contributed by atoms with E-state index in [1.165, 1.54) is 0 Å². The molecular weight excluding hydrogens is 426 g/mol. The number of aromatic amines is 1. The van der Waals surface area contributed by atoms with Gasteiger partial charge in [0.15, 0.2) is 10.9 Å². The maximum Gasteiger partial charge on any atom is 0.278 e. The summed E-state index contributed by atoms with van der Waals surface area (Å²) in [5.41, 5.74) is 2.26. The third-order valence-electron chi connectivity index (χ3n) is 4.66. The number of benzene rings is 2. The van der Waals surface area contributed by atoms with E-state index >= 15 is 0 Å². The molecule has 2 amide bonds. The Bertz CT molecular complexity index is 1160. The molecule has 0 fully saturated rings. The number of nitrogens with zero attached hydrogens (tertiary/aromatic N) is 2. The maximum atomic E-state index is 12.8. The first-order chi connectivity index (χ1) is 15.4. The fraction of sp³-hybridized carbons (Fsp3) is 0.261. The zero-order valence-corrected chi connectivity index (χ0v) is 19.0. The lowest BCUT2D eigenvalue weighted by Gasteiger charge is -2.14. The zero-order chi connectivity index (χ0) is 23.1. The minimum atomic E-state index is -0.454. The summed E-state index contributed by atoms with van der Waals surface area (Å²) < 4.78 is 0.